The van der Waals surface area contributed by atoms with E-state index in [0.717, 1.165) is 57.8 Å². The van der Waals surface area contributed by atoms with Gasteiger partial charge in [-0.2, -0.15) is 0 Å². The molecule has 5 nitrogen and oxygen atoms in total. The van der Waals surface area contributed by atoms with Crippen molar-refractivity contribution in [1.82, 2.24) is 15.5 Å². The summed E-state index contributed by atoms with van der Waals surface area (Å²) < 4.78 is 5.56. The molecule has 0 radical (unpaired) electrons. The summed E-state index contributed by atoms with van der Waals surface area (Å²) in [6.45, 7) is 12.3. The molecule has 0 aromatic rings. The second-order valence-corrected chi connectivity index (χ2v) is 6.11. The average molecular weight is 426 g/mol. The molecule has 132 valence electrons. The molecule has 6 heteroatoms. The van der Waals surface area contributed by atoms with Crippen LogP contribution in [0.5, 0.6) is 0 Å². The summed E-state index contributed by atoms with van der Waals surface area (Å²) in [5.74, 6) is 1.51. The lowest BCUT2D eigenvalue weighted by molar-refractivity contribution is 0.108. The van der Waals surface area contributed by atoms with E-state index in [4.69, 9.17) is 4.74 Å². The van der Waals surface area contributed by atoms with Crippen LogP contribution in [0.3, 0.4) is 0 Å². The van der Waals surface area contributed by atoms with Crippen molar-refractivity contribution in [2.75, 3.05) is 46.4 Å². The van der Waals surface area contributed by atoms with Crippen molar-refractivity contribution in [3.05, 3.63) is 0 Å². The summed E-state index contributed by atoms with van der Waals surface area (Å²) in [5, 5.41) is 6.72. The van der Waals surface area contributed by atoms with E-state index in [1.807, 2.05) is 7.05 Å². The Bertz CT molecular complexity index is 296. The summed E-state index contributed by atoms with van der Waals surface area (Å²) in [6.07, 6.45) is 3.75. The largest absolute Gasteiger partial charge is 0.381 e. The fourth-order valence-corrected chi connectivity index (χ4v) is 2.28. The summed E-state index contributed by atoms with van der Waals surface area (Å²) in [7, 11) is 1.82. The molecule has 0 aromatic heterocycles. The average Bonchev–Trinajstić information content (AvgIpc) is 3.29. The van der Waals surface area contributed by atoms with Gasteiger partial charge in [0.15, 0.2) is 5.96 Å². The number of hydrogen-bond acceptors (Lipinski definition) is 3. The van der Waals surface area contributed by atoms with Crippen LogP contribution in [0.4, 0.5) is 0 Å². The predicted octanol–water partition coefficient (Wildman–Crippen LogP) is 2.32. The molecule has 1 aliphatic carbocycles. The first kappa shape index (κ1) is 21.9. The molecule has 2 N–H and O–H groups in total. The second-order valence-electron chi connectivity index (χ2n) is 6.11. The number of rotatable bonds is 11. The normalized spacial score (nSPS) is 15.1. The lowest BCUT2D eigenvalue weighted by atomic mass is 10.2. The zero-order chi connectivity index (χ0) is 15.5. The zero-order valence-corrected chi connectivity index (χ0v) is 17.1. The maximum Gasteiger partial charge on any atom is 0.191 e. The third-order valence-electron chi connectivity index (χ3n) is 3.59. The molecule has 0 unspecified atom stereocenters. The zero-order valence-electron chi connectivity index (χ0n) is 14.7. The van der Waals surface area contributed by atoms with Crippen molar-refractivity contribution in [3.8, 4) is 0 Å². The molecular weight excluding hydrogens is 391 g/mol. The van der Waals surface area contributed by atoms with E-state index >= 15 is 0 Å². The number of guanidine groups is 1. The summed E-state index contributed by atoms with van der Waals surface area (Å²) in [6, 6.07) is 0.838. The minimum Gasteiger partial charge on any atom is -0.381 e. The predicted molar refractivity (Wildman–Crippen MR) is 105 cm³/mol. The monoisotopic (exact) mass is 426 g/mol. The highest BCUT2D eigenvalue weighted by Crippen LogP contribution is 2.25. The maximum absolute atomic E-state index is 5.56. The van der Waals surface area contributed by atoms with Crippen molar-refractivity contribution in [1.29, 1.82) is 0 Å². The number of likely N-dealkylation sites (N-methyl/N-ethyl adjacent to an activating group) is 1. The molecule has 22 heavy (non-hydrogen) atoms. The van der Waals surface area contributed by atoms with Gasteiger partial charge in [-0.1, -0.05) is 20.8 Å². The number of hydrogen-bond donors (Lipinski definition) is 2. The van der Waals surface area contributed by atoms with Crippen molar-refractivity contribution >= 4 is 29.9 Å². The molecule has 0 aromatic carbocycles. The van der Waals surface area contributed by atoms with Gasteiger partial charge in [0.25, 0.3) is 0 Å². The molecule has 1 fully saturated rings. The number of aliphatic imine (C=N–C) groups is 1. The van der Waals surface area contributed by atoms with E-state index in [-0.39, 0.29) is 24.0 Å². The number of nitrogens with one attached hydrogen (secondary N) is 2. The van der Waals surface area contributed by atoms with Gasteiger partial charge >= 0.3 is 0 Å². The van der Waals surface area contributed by atoms with Crippen LogP contribution in [-0.2, 0) is 4.74 Å². The fourth-order valence-electron chi connectivity index (χ4n) is 2.28. The molecular formula is C16H35IN4O. The molecule has 0 spiro atoms. The maximum atomic E-state index is 5.56. The summed E-state index contributed by atoms with van der Waals surface area (Å²) in [4.78, 5) is 6.79. The Morgan fingerprint density at radius 2 is 1.95 bits per heavy atom. The van der Waals surface area contributed by atoms with Gasteiger partial charge in [-0.15, -0.1) is 24.0 Å². The van der Waals surface area contributed by atoms with Gasteiger partial charge in [0.05, 0.1) is 0 Å². The highest BCUT2D eigenvalue weighted by molar-refractivity contribution is 14.0. The second kappa shape index (κ2) is 13.4. The highest BCUT2D eigenvalue weighted by atomic mass is 127. The van der Waals surface area contributed by atoms with Crippen LogP contribution in [0, 0.1) is 5.92 Å². The van der Waals surface area contributed by atoms with E-state index in [1.165, 1.54) is 12.8 Å². The molecule has 0 heterocycles. The van der Waals surface area contributed by atoms with Crippen LogP contribution in [-0.4, -0.2) is 63.3 Å². The molecule has 1 saturated carbocycles. The van der Waals surface area contributed by atoms with Crippen LogP contribution in [0.15, 0.2) is 4.99 Å². The summed E-state index contributed by atoms with van der Waals surface area (Å²) in [5.41, 5.74) is 0. The smallest absolute Gasteiger partial charge is 0.191 e. The molecule has 0 aliphatic heterocycles. The summed E-state index contributed by atoms with van der Waals surface area (Å²) >= 11 is 0. The van der Waals surface area contributed by atoms with Gasteiger partial charge < -0.3 is 15.4 Å². The molecule has 0 atom stereocenters. The van der Waals surface area contributed by atoms with E-state index in [9.17, 15) is 0 Å². The van der Waals surface area contributed by atoms with E-state index < -0.39 is 0 Å². The Morgan fingerprint density at radius 1 is 1.27 bits per heavy atom. The Morgan fingerprint density at radius 3 is 2.50 bits per heavy atom. The fraction of sp³-hybridized carbons (Fsp3) is 0.938. The number of nitrogens with zero attached hydrogens (tertiary/aromatic N) is 2. The van der Waals surface area contributed by atoms with Crippen molar-refractivity contribution in [3.63, 3.8) is 0 Å². The molecule has 0 bridgehead atoms. The third kappa shape index (κ3) is 10.6. The minimum absolute atomic E-state index is 0. The van der Waals surface area contributed by atoms with Gasteiger partial charge in [0, 0.05) is 45.9 Å². The van der Waals surface area contributed by atoms with Gasteiger partial charge in [0.2, 0.25) is 0 Å². The van der Waals surface area contributed by atoms with Crippen molar-refractivity contribution in [2.24, 2.45) is 10.9 Å². The van der Waals surface area contributed by atoms with Crippen LogP contribution in [0.2, 0.25) is 0 Å². The first-order valence-electron chi connectivity index (χ1n) is 8.43. The first-order chi connectivity index (χ1) is 10.2. The lowest BCUT2D eigenvalue weighted by Gasteiger charge is -2.20. The molecule has 0 amide bonds. The number of halogens is 1. The van der Waals surface area contributed by atoms with Crippen LogP contribution < -0.4 is 10.6 Å². The van der Waals surface area contributed by atoms with E-state index in [0.29, 0.717) is 5.92 Å². The first-order valence-corrected chi connectivity index (χ1v) is 8.43. The van der Waals surface area contributed by atoms with E-state index in [2.05, 4.69) is 41.3 Å². The molecule has 0 saturated heterocycles. The molecule has 1 rings (SSSR count). The Hall–Kier alpha value is -0.0800. The van der Waals surface area contributed by atoms with Gasteiger partial charge in [0.1, 0.15) is 0 Å². The Kier molecular flexibility index (Phi) is 13.3. The topological polar surface area (TPSA) is 48.9 Å². The lowest BCUT2D eigenvalue weighted by Crippen LogP contribution is -2.42. The third-order valence-corrected chi connectivity index (χ3v) is 3.59. The standard InChI is InChI=1S/C16H34N4O.HI/c1-5-20(15-7-8-15)11-10-19-16(17-4)18-9-6-12-21-13-14(2)3;/h14-15H,5-13H2,1-4H3,(H2,17,18,19);1H. The number of ether oxygens (including phenoxy) is 1. The molecule has 1 aliphatic rings. The van der Waals surface area contributed by atoms with Crippen LogP contribution >= 0.6 is 24.0 Å². The van der Waals surface area contributed by atoms with Gasteiger partial charge in [-0.25, -0.2) is 0 Å². The van der Waals surface area contributed by atoms with Crippen LogP contribution in [0.25, 0.3) is 0 Å². The van der Waals surface area contributed by atoms with Gasteiger partial charge in [-0.05, 0) is 31.7 Å². The Balaban J connectivity index is 0.00000441. The minimum atomic E-state index is 0. The Labute approximate surface area is 153 Å². The van der Waals surface area contributed by atoms with Crippen molar-refractivity contribution < 1.29 is 4.74 Å². The quantitative estimate of drug-likeness (QED) is 0.231. The highest BCUT2D eigenvalue weighted by Gasteiger charge is 2.27. The van der Waals surface area contributed by atoms with Gasteiger partial charge in [-0.3, -0.25) is 9.89 Å². The van der Waals surface area contributed by atoms with Crippen LogP contribution in [0.1, 0.15) is 40.0 Å². The van der Waals surface area contributed by atoms with E-state index in [1.54, 1.807) is 0 Å². The SMILES string of the molecule is CCN(CCNC(=NC)NCCCOCC(C)C)C1CC1.I. The van der Waals surface area contributed by atoms with Crippen molar-refractivity contribution in [2.45, 2.75) is 46.1 Å².